The van der Waals surface area contributed by atoms with E-state index in [2.05, 4.69) is 5.32 Å². The molecule has 2 amide bonds. The van der Waals surface area contributed by atoms with Gasteiger partial charge in [-0.3, -0.25) is 0 Å². The lowest BCUT2D eigenvalue weighted by molar-refractivity contribution is 0.0697. The summed E-state index contributed by atoms with van der Waals surface area (Å²) in [5, 5.41) is 11.6. The van der Waals surface area contributed by atoms with E-state index in [-0.39, 0.29) is 11.6 Å². The number of nitrogens with one attached hydrogen (secondary N) is 1. The van der Waals surface area contributed by atoms with Gasteiger partial charge >= 0.3 is 12.0 Å². The Kier molecular flexibility index (Phi) is 6.84. The molecule has 7 nitrogen and oxygen atoms in total. The summed E-state index contributed by atoms with van der Waals surface area (Å²) < 4.78 is 10.7. The van der Waals surface area contributed by atoms with Crippen LogP contribution in [0.3, 0.4) is 0 Å². The number of benzene rings is 2. The molecular weight excluding hydrogens is 336 g/mol. The average Bonchev–Trinajstić information content (AvgIpc) is 2.66. The predicted octanol–water partition coefficient (Wildman–Crippen LogP) is 2.61. The molecule has 7 heteroatoms. The first-order valence-corrected chi connectivity index (χ1v) is 8.07. The Hall–Kier alpha value is -3.22. The predicted molar refractivity (Wildman–Crippen MR) is 96.8 cm³/mol. The zero-order chi connectivity index (χ0) is 18.9. The molecular formula is C19H22N2O5. The molecule has 2 aromatic carbocycles. The Balaban J connectivity index is 1.72. The second kappa shape index (κ2) is 9.31. The third-order valence-electron chi connectivity index (χ3n) is 3.75. The lowest BCUT2D eigenvalue weighted by Crippen LogP contribution is -2.39. The van der Waals surface area contributed by atoms with Crippen LogP contribution in [0, 0.1) is 0 Å². The van der Waals surface area contributed by atoms with E-state index in [0.29, 0.717) is 25.4 Å². The molecule has 0 unspecified atom stereocenters. The maximum Gasteiger partial charge on any atom is 0.335 e. The third-order valence-corrected chi connectivity index (χ3v) is 3.75. The molecule has 0 spiro atoms. The molecule has 2 rings (SSSR count). The second-order valence-electron chi connectivity index (χ2n) is 5.61. The number of carbonyl (C=O) groups excluding carboxylic acids is 1. The highest BCUT2D eigenvalue weighted by Gasteiger charge is 2.08. The minimum absolute atomic E-state index is 0.216. The van der Waals surface area contributed by atoms with E-state index in [9.17, 15) is 9.59 Å². The molecule has 2 N–H and O–H groups in total. The van der Waals surface area contributed by atoms with Crippen LogP contribution in [0.25, 0.3) is 0 Å². The standard InChI is InChI=1S/C19H22N2O5/c1-21(11-12-26-17-9-7-16(25-2)8-10-17)19(24)20-13-14-3-5-15(6-4-14)18(22)23/h3-10H,11-13H2,1-2H3,(H,20,24)(H,22,23). The summed E-state index contributed by atoms with van der Waals surface area (Å²) in [5.74, 6) is 0.487. The van der Waals surface area contributed by atoms with Crippen molar-refractivity contribution in [3.63, 3.8) is 0 Å². The van der Waals surface area contributed by atoms with Crippen molar-refractivity contribution in [2.75, 3.05) is 27.3 Å². The fraction of sp³-hybridized carbons (Fsp3) is 0.263. The highest BCUT2D eigenvalue weighted by atomic mass is 16.5. The zero-order valence-corrected chi connectivity index (χ0v) is 14.8. The minimum Gasteiger partial charge on any atom is -0.497 e. The first-order chi connectivity index (χ1) is 12.5. The van der Waals surface area contributed by atoms with E-state index in [4.69, 9.17) is 14.6 Å². The Bertz CT molecular complexity index is 729. The molecule has 26 heavy (non-hydrogen) atoms. The van der Waals surface area contributed by atoms with Gasteiger partial charge in [0, 0.05) is 13.6 Å². The average molecular weight is 358 g/mol. The van der Waals surface area contributed by atoms with Crippen LogP contribution >= 0.6 is 0 Å². The summed E-state index contributed by atoms with van der Waals surface area (Å²) in [6.07, 6.45) is 0. The Morgan fingerprint density at radius 1 is 1.04 bits per heavy atom. The summed E-state index contributed by atoms with van der Waals surface area (Å²) in [6.45, 7) is 1.11. The van der Waals surface area contributed by atoms with E-state index in [0.717, 1.165) is 11.3 Å². The zero-order valence-electron chi connectivity index (χ0n) is 14.8. The summed E-state index contributed by atoms with van der Waals surface area (Å²) in [4.78, 5) is 24.4. The molecule has 0 aliphatic heterocycles. The van der Waals surface area contributed by atoms with Gasteiger partial charge in [-0.25, -0.2) is 9.59 Å². The number of rotatable bonds is 8. The number of hydrogen-bond acceptors (Lipinski definition) is 4. The molecule has 0 heterocycles. The lowest BCUT2D eigenvalue weighted by atomic mass is 10.1. The number of carboxylic acids is 1. The quantitative estimate of drug-likeness (QED) is 0.757. The molecule has 2 aromatic rings. The van der Waals surface area contributed by atoms with Crippen LogP contribution in [0.4, 0.5) is 4.79 Å². The number of carboxylic acid groups (broad SMARTS) is 1. The van der Waals surface area contributed by atoms with E-state index in [1.807, 2.05) is 0 Å². The highest BCUT2D eigenvalue weighted by Crippen LogP contribution is 2.16. The largest absolute Gasteiger partial charge is 0.497 e. The van der Waals surface area contributed by atoms with Crippen molar-refractivity contribution in [3.05, 3.63) is 59.7 Å². The summed E-state index contributed by atoms with van der Waals surface area (Å²) in [6, 6.07) is 13.4. The van der Waals surface area contributed by atoms with Crippen molar-refractivity contribution in [1.82, 2.24) is 10.2 Å². The van der Waals surface area contributed by atoms with E-state index >= 15 is 0 Å². The van der Waals surface area contributed by atoms with Crippen LogP contribution < -0.4 is 14.8 Å². The molecule has 0 aliphatic carbocycles. The second-order valence-corrected chi connectivity index (χ2v) is 5.61. The van der Waals surface area contributed by atoms with Gasteiger partial charge in [0.2, 0.25) is 0 Å². The smallest absolute Gasteiger partial charge is 0.335 e. The van der Waals surface area contributed by atoms with E-state index in [1.165, 1.54) is 17.0 Å². The van der Waals surface area contributed by atoms with Gasteiger partial charge in [-0.15, -0.1) is 0 Å². The molecule has 0 saturated carbocycles. The van der Waals surface area contributed by atoms with Gasteiger partial charge in [0.15, 0.2) is 0 Å². The van der Waals surface area contributed by atoms with Crippen LogP contribution in [0.5, 0.6) is 11.5 Å². The topological polar surface area (TPSA) is 88.1 Å². The Labute approximate surface area is 152 Å². The van der Waals surface area contributed by atoms with Crippen molar-refractivity contribution in [3.8, 4) is 11.5 Å². The number of amides is 2. The monoisotopic (exact) mass is 358 g/mol. The van der Waals surface area contributed by atoms with Gasteiger partial charge < -0.3 is 24.8 Å². The van der Waals surface area contributed by atoms with Crippen LogP contribution in [0.2, 0.25) is 0 Å². The van der Waals surface area contributed by atoms with Crippen LogP contribution in [0.1, 0.15) is 15.9 Å². The third kappa shape index (κ3) is 5.70. The molecule has 0 bridgehead atoms. The van der Waals surface area contributed by atoms with Crippen molar-refractivity contribution >= 4 is 12.0 Å². The number of likely N-dealkylation sites (N-methyl/N-ethyl adjacent to an activating group) is 1. The molecule has 138 valence electrons. The number of ether oxygens (including phenoxy) is 2. The van der Waals surface area contributed by atoms with Crippen LogP contribution in [0.15, 0.2) is 48.5 Å². The SMILES string of the molecule is COc1ccc(OCCN(C)C(=O)NCc2ccc(C(=O)O)cc2)cc1. The van der Waals surface area contributed by atoms with Gasteiger partial charge in [0.1, 0.15) is 18.1 Å². The van der Waals surface area contributed by atoms with Crippen LogP contribution in [-0.4, -0.2) is 49.3 Å². The number of urea groups is 1. The molecule has 0 aromatic heterocycles. The first-order valence-electron chi connectivity index (χ1n) is 8.07. The van der Waals surface area contributed by atoms with Gasteiger partial charge in [0.25, 0.3) is 0 Å². The minimum atomic E-state index is -0.975. The number of methoxy groups -OCH3 is 1. The van der Waals surface area contributed by atoms with E-state index in [1.54, 1.807) is 50.6 Å². The maximum absolute atomic E-state index is 12.1. The number of aromatic carboxylic acids is 1. The molecule has 0 radical (unpaired) electrons. The Morgan fingerprint density at radius 2 is 1.65 bits per heavy atom. The van der Waals surface area contributed by atoms with Crippen LogP contribution in [-0.2, 0) is 6.54 Å². The van der Waals surface area contributed by atoms with Gasteiger partial charge in [-0.2, -0.15) is 0 Å². The first kappa shape index (κ1) is 19.1. The van der Waals surface area contributed by atoms with Crippen molar-refractivity contribution in [2.24, 2.45) is 0 Å². The fourth-order valence-electron chi connectivity index (χ4n) is 2.15. The number of nitrogens with zero attached hydrogens (tertiary/aromatic N) is 1. The highest BCUT2D eigenvalue weighted by molar-refractivity contribution is 5.87. The maximum atomic E-state index is 12.1. The van der Waals surface area contributed by atoms with Gasteiger partial charge in [-0.05, 0) is 42.0 Å². The molecule has 0 aliphatic rings. The summed E-state index contributed by atoms with van der Waals surface area (Å²) in [7, 11) is 3.28. The normalized spacial score (nSPS) is 10.1. The molecule has 0 atom stereocenters. The fourth-order valence-corrected chi connectivity index (χ4v) is 2.15. The van der Waals surface area contributed by atoms with E-state index < -0.39 is 5.97 Å². The lowest BCUT2D eigenvalue weighted by Gasteiger charge is -2.18. The van der Waals surface area contributed by atoms with Crippen molar-refractivity contribution in [1.29, 1.82) is 0 Å². The Morgan fingerprint density at radius 3 is 2.23 bits per heavy atom. The molecule has 0 saturated heterocycles. The van der Waals surface area contributed by atoms with Crippen molar-refractivity contribution in [2.45, 2.75) is 6.54 Å². The summed E-state index contributed by atoms with van der Waals surface area (Å²) >= 11 is 0. The van der Waals surface area contributed by atoms with Crippen molar-refractivity contribution < 1.29 is 24.2 Å². The molecule has 0 fully saturated rings. The number of hydrogen-bond donors (Lipinski definition) is 2. The van der Waals surface area contributed by atoms with Gasteiger partial charge in [0.05, 0.1) is 19.2 Å². The van der Waals surface area contributed by atoms with Gasteiger partial charge in [-0.1, -0.05) is 12.1 Å². The summed E-state index contributed by atoms with van der Waals surface area (Å²) in [5.41, 5.74) is 1.04. The number of carbonyl (C=O) groups is 2.